The minimum absolute atomic E-state index is 0.270. The first-order chi connectivity index (χ1) is 14.7. The van der Waals surface area contributed by atoms with Crippen molar-refractivity contribution in [2.75, 3.05) is 6.26 Å². The Morgan fingerprint density at radius 2 is 1.57 bits per heavy atom. The lowest BCUT2D eigenvalue weighted by molar-refractivity contribution is 0.628. The van der Waals surface area contributed by atoms with Crippen molar-refractivity contribution in [3.63, 3.8) is 0 Å². The Morgan fingerprint density at radius 3 is 2.33 bits per heavy atom. The van der Waals surface area contributed by atoms with E-state index >= 15 is 0 Å². The second-order valence-electron chi connectivity index (χ2n) is 6.85. The van der Waals surface area contributed by atoms with Crippen molar-refractivity contribution < 1.29 is 4.39 Å². The second kappa shape index (κ2) is 7.72. The van der Waals surface area contributed by atoms with Gasteiger partial charge in [0, 0.05) is 27.0 Å². The number of H-pyrrole nitrogens is 1. The lowest BCUT2D eigenvalue weighted by Crippen LogP contribution is -1.90. The molecule has 0 amide bonds. The molecule has 3 aromatic carbocycles. The lowest BCUT2D eigenvalue weighted by Gasteiger charge is -2.09. The number of benzene rings is 3. The second-order valence-corrected chi connectivity index (χ2v) is 7.73. The van der Waals surface area contributed by atoms with Crippen molar-refractivity contribution in [3.8, 4) is 33.6 Å². The number of aromatic amines is 1. The highest BCUT2D eigenvalue weighted by atomic mass is 32.2. The van der Waals surface area contributed by atoms with E-state index in [-0.39, 0.29) is 5.82 Å². The number of nitrogens with zero attached hydrogens (tertiary/aromatic N) is 3. The molecule has 0 saturated heterocycles. The van der Waals surface area contributed by atoms with Crippen molar-refractivity contribution in [2.45, 2.75) is 4.90 Å². The van der Waals surface area contributed by atoms with Crippen molar-refractivity contribution >= 4 is 22.7 Å². The largest absolute Gasteiger partial charge is 0.277 e. The van der Waals surface area contributed by atoms with E-state index in [4.69, 9.17) is 0 Å². The summed E-state index contributed by atoms with van der Waals surface area (Å²) in [7, 11) is 0. The molecule has 1 N–H and O–H groups in total. The summed E-state index contributed by atoms with van der Waals surface area (Å²) in [4.78, 5) is 10.1. The normalized spacial score (nSPS) is 11.1. The molecule has 0 radical (unpaired) electrons. The van der Waals surface area contributed by atoms with Crippen LogP contribution in [-0.4, -0.2) is 26.4 Å². The maximum atomic E-state index is 13.4. The maximum absolute atomic E-state index is 13.4. The van der Waals surface area contributed by atoms with Crippen LogP contribution in [0.15, 0.2) is 84.1 Å². The minimum atomic E-state index is -0.270. The number of hydrogen-bond acceptors (Lipinski definition) is 4. The predicted molar refractivity (Wildman–Crippen MR) is 120 cm³/mol. The Bertz CT molecular complexity index is 1330. The molecule has 0 aliphatic carbocycles. The smallest absolute Gasteiger partial charge is 0.123 e. The van der Waals surface area contributed by atoms with Crippen molar-refractivity contribution in [1.82, 2.24) is 20.2 Å². The Kier molecular flexibility index (Phi) is 4.77. The number of halogens is 1. The molecular weight excluding hydrogens is 395 g/mol. The molecule has 6 heteroatoms. The average Bonchev–Trinajstić information content (AvgIpc) is 3.29. The van der Waals surface area contributed by atoms with Gasteiger partial charge in [0.1, 0.15) is 12.1 Å². The molecule has 2 aromatic heterocycles. The molecule has 4 nitrogen and oxygen atoms in total. The predicted octanol–water partition coefficient (Wildman–Crippen LogP) is 6.21. The molecule has 0 atom stereocenters. The molecule has 0 unspecified atom stereocenters. The molecule has 5 rings (SSSR count). The molecule has 0 spiro atoms. The lowest BCUT2D eigenvalue weighted by atomic mass is 9.98. The molecule has 146 valence electrons. The molecule has 0 bridgehead atoms. The van der Waals surface area contributed by atoms with Gasteiger partial charge >= 0.3 is 0 Å². The molecule has 0 saturated carbocycles. The Balaban J connectivity index is 1.63. The molecular formula is C24H17FN4S. The van der Waals surface area contributed by atoms with Crippen LogP contribution in [0.2, 0.25) is 0 Å². The van der Waals surface area contributed by atoms with E-state index in [0.29, 0.717) is 0 Å². The van der Waals surface area contributed by atoms with Crippen LogP contribution in [0, 0.1) is 5.82 Å². The summed E-state index contributed by atoms with van der Waals surface area (Å²) in [6.07, 6.45) is 5.43. The molecule has 5 aromatic rings. The monoisotopic (exact) mass is 412 g/mol. The number of thioether (sulfide) groups is 1. The summed E-state index contributed by atoms with van der Waals surface area (Å²) in [6, 6.07) is 20.8. The minimum Gasteiger partial charge on any atom is -0.277 e. The van der Waals surface area contributed by atoms with Gasteiger partial charge in [-0.3, -0.25) is 5.10 Å². The van der Waals surface area contributed by atoms with Gasteiger partial charge in [0.2, 0.25) is 0 Å². The molecule has 0 aliphatic heterocycles. The van der Waals surface area contributed by atoms with Crippen LogP contribution in [0.3, 0.4) is 0 Å². The summed E-state index contributed by atoms with van der Waals surface area (Å²) < 4.78 is 13.4. The third-order valence-electron chi connectivity index (χ3n) is 5.08. The van der Waals surface area contributed by atoms with Crippen LogP contribution < -0.4 is 0 Å². The van der Waals surface area contributed by atoms with Gasteiger partial charge < -0.3 is 0 Å². The summed E-state index contributed by atoms with van der Waals surface area (Å²) in [6.45, 7) is 0. The van der Waals surface area contributed by atoms with E-state index in [1.54, 1.807) is 23.9 Å². The van der Waals surface area contributed by atoms with Crippen molar-refractivity contribution in [2.24, 2.45) is 0 Å². The number of fused-ring (bicyclic) bond motifs is 1. The number of rotatable bonds is 4. The standard InChI is InChI=1S/C24H17FN4S/c1-30-19-9-4-16(5-10-19)24-21(13-28-29-24)17-6-11-22-20(12-17)23(27-14-26-22)15-2-7-18(25)8-3-15/h2-14H,1H3,(H,28,29). The zero-order valence-electron chi connectivity index (χ0n) is 16.1. The van der Waals surface area contributed by atoms with Crippen LogP contribution >= 0.6 is 11.8 Å². The first-order valence-electron chi connectivity index (χ1n) is 9.42. The topological polar surface area (TPSA) is 54.5 Å². The summed E-state index contributed by atoms with van der Waals surface area (Å²) in [5.41, 5.74) is 6.51. The van der Waals surface area contributed by atoms with Gasteiger partial charge in [-0.2, -0.15) is 5.10 Å². The Hall–Kier alpha value is -3.51. The Labute approximate surface area is 177 Å². The molecule has 30 heavy (non-hydrogen) atoms. The van der Waals surface area contributed by atoms with Crippen LogP contribution in [0.4, 0.5) is 4.39 Å². The Morgan fingerprint density at radius 1 is 0.833 bits per heavy atom. The maximum Gasteiger partial charge on any atom is 0.123 e. The average molecular weight is 412 g/mol. The SMILES string of the molecule is CSc1ccc(-c2[nH]ncc2-c2ccc3ncnc(-c4ccc(F)cc4)c3c2)cc1. The van der Waals surface area contributed by atoms with Gasteiger partial charge in [-0.1, -0.05) is 18.2 Å². The van der Waals surface area contributed by atoms with E-state index in [1.165, 1.54) is 23.4 Å². The third-order valence-corrected chi connectivity index (χ3v) is 5.83. The van der Waals surface area contributed by atoms with Gasteiger partial charge in [-0.05, 0) is 60.4 Å². The van der Waals surface area contributed by atoms with Crippen LogP contribution in [-0.2, 0) is 0 Å². The fourth-order valence-corrected chi connectivity index (χ4v) is 3.95. The van der Waals surface area contributed by atoms with E-state index in [0.717, 1.165) is 44.5 Å². The van der Waals surface area contributed by atoms with Gasteiger partial charge in [0.05, 0.1) is 23.1 Å². The number of hydrogen-bond donors (Lipinski definition) is 1. The summed E-state index contributed by atoms with van der Waals surface area (Å²) in [5, 5.41) is 8.32. The van der Waals surface area contributed by atoms with E-state index < -0.39 is 0 Å². The van der Waals surface area contributed by atoms with E-state index in [1.807, 2.05) is 18.3 Å². The van der Waals surface area contributed by atoms with E-state index in [2.05, 4.69) is 56.8 Å². The first kappa shape index (κ1) is 18.5. The van der Waals surface area contributed by atoms with Crippen LogP contribution in [0.25, 0.3) is 44.5 Å². The van der Waals surface area contributed by atoms with E-state index in [9.17, 15) is 4.39 Å². The fourth-order valence-electron chi connectivity index (χ4n) is 3.54. The van der Waals surface area contributed by atoms with Gasteiger partial charge in [-0.25, -0.2) is 14.4 Å². The van der Waals surface area contributed by atoms with Crippen molar-refractivity contribution in [1.29, 1.82) is 0 Å². The zero-order chi connectivity index (χ0) is 20.5. The highest BCUT2D eigenvalue weighted by molar-refractivity contribution is 7.98. The highest BCUT2D eigenvalue weighted by Crippen LogP contribution is 2.34. The number of nitrogens with one attached hydrogen (secondary N) is 1. The van der Waals surface area contributed by atoms with Gasteiger partial charge in [-0.15, -0.1) is 11.8 Å². The van der Waals surface area contributed by atoms with Crippen LogP contribution in [0.1, 0.15) is 0 Å². The van der Waals surface area contributed by atoms with Crippen LogP contribution in [0.5, 0.6) is 0 Å². The van der Waals surface area contributed by atoms with Gasteiger partial charge in [0.15, 0.2) is 0 Å². The quantitative estimate of drug-likeness (QED) is 0.356. The summed E-state index contributed by atoms with van der Waals surface area (Å²) in [5.74, 6) is -0.270. The van der Waals surface area contributed by atoms with Gasteiger partial charge in [0.25, 0.3) is 0 Å². The zero-order valence-corrected chi connectivity index (χ0v) is 16.9. The molecule has 0 fully saturated rings. The number of aromatic nitrogens is 4. The summed E-state index contributed by atoms with van der Waals surface area (Å²) >= 11 is 1.71. The fraction of sp³-hybridized carbons (Fsp3) is 0.0417. The highest BCUT2D eigenvalue weighted by Gasteiger charge is 2.13. The molecule has 2 heterocycles. The first-order valence-corrected chi connectivity index (χ1v) is 10.6. The van der Waals surface area contributed by atoms with Crippen molar-refractivity contribution in [3.05, 3.63) is 85.1 Å². The molecule has 0 aliphatic rings. The third kappa shape index (κ3) is 3.35.